The SMILES string of the molecule is CCOCc1cc(F)cc(-c2nccc3[nH]c(-c4n[nH]c5ccc(-c6cncnc6)nc45)cc23)c1. The van der Waals surface area contributed by atoms with E-state index in [2.05, 4.69) is 30.1 Å². The number of H-pyrrole nitrogens is 2. The molecule has 0 spiro atoms. The first-order valence-corrected chi connectivity index (χ1v) is 11.2. The van der Waals surface area contributed by atoms with E-state index in [4.69, 9.17) is 9.72 Å². The number of nitrogens with one attached hydrogen (secondary N) is 2. The van der Waals surface area contributed by atoms with Crippen molar-refractivity contribution < 1.29 is 9.13 Å². The molecule has 2 N–H and O–H groups in total. The monoisotopic (exact) mass is 465 g/mol. The van der Waals surface area contributed by atoms with Crippen molar-refractivity contribution in [2.24, 2.45) is 0 Å². The van der Waals surface area contributed by atoms with Crippen LogP contribution in [0.2, 0.25) is 0 Å². The summed E-state index contributed by atoms with van der Waals surface area (Å²) < 4.78 is 19.9. The third-order valence-electron chi connectivity index (χ3n) is 5.77. The van der Waals surface area contributed by atoms with E-state index in [1.807, 2.05) is 37.3 Å². The number of rotatable bonds is 6. The highest BCUT2D eigenvalue weighted by Gasteiger charge is 2.16. The molecule has 0 aliphatic rings. The van der Waals surface area contributed by atoms with Crippen molar-refractivity contribution >= 4 is 21.9 Å². The molecule has 0 unspecified atom stereocenters. The lowest BCUT2D eigenvalue weighted by molar-refractivity contribution is 0.134. The normalized spacial score (nSPS) is 11.5. The number of nitrogens with zero attached hydrogens (tertiary/aromatic N) is 5. The van der Waals surface area contributed by atoms with Crippen LogP contribution in [0.1, 0.15) is 12.5 Å². The minimum absolute atomic E-state index is 0.327. The third kappa shape index (κ3) is 3.91. The first kappa shape index (κ1) is 21.1. The number of pyridine rings is 2. The molecule has 0 bridgehead atoms. The predicted molar refractivity (Wildman–Crippen MR) is 131 cm³/mol. The molecule has 0 aliphatic heterocycles. The van der Waals surface area contributed by atoms with Crippen molar-refractivity contribution in [3.63, 3.8) is 0 Å². The summed E-state index contributed by atoms with van der Waals surface area (Å²) in [5.41, 5.74) is 7.54. The van der Waals surface area contributed by atoms with Gasteiger partial charge in [0.1, 0.15) is 23.4 Å². The Morgan fingerprint density at radius 3 is 2.69 bits per heavy atom. The summed E-state index contributed by atoms with van der Waals surface area (Å²) in [4.78, 5) is 21.0. The summed E-state index contributed by atoms with van der Waals surface area (Å²) in [6, 6.07) is 12.6. The maximum Gasteiger partial charge on any atom is 0.135 e. The lowest BCUT2D eigenvalue weighted by atomic mass is 10.0. The lowest BCUT2D eigenvalue weighted by Crippen LogP contribution is -1.94. The van der Waals surface area contributed by atoms with Gasteiger partial charge in [0, 0.05) is 47.2 Å². The van der Waals surface area contributed by atoms with Crippen LogP contribution >= 0.6 is 0 Å². The van der Waals surface area contributed by atoms with E-state index < -0.39 is 0 Å². The minimum atomic E-state index is -0.327. The van der Waals surface area contributed by atoms with Gasteiger partial charge in [0.15, 0.2) is 0 Å². The molecule has 35 heavy (non-hydrogen) atoms. The number of ether oxygens (including phenoxy) is 1. The molecule has 0 saturated carbocycles. The molecular formula is C26H20FN7O. The number of benzene rings is 1. The summed E-state index contributed by atoms with van der Waals surface area (Å²) in [6.45, 7) is 2.81. The zero-order valence-electron chi connectivity index (χ0n) is 18.8. The Morgan fingerprint density at radius 1 is 0.943 bits per heavy atom. The van der Waals surface area contributed by atoms with Gasteiger partial charge in [-0.25, -0.2) is 19.3 Å². The van der Waals surface area contributed by atoms with E-state index >= 15 is 0 Å². The molecule has 0 fully saturated rings. The van der Waals surface area contributed by atoms with E-state index in [0.717, 1.165) is 44.5 Å². The van der Waals surface area contributed by atoms with Crippen molar-refractivity contribution in [1.29, 1.82) is 0 Å². The standard InChI is InChI=1S/C26H20FN7O/c1-2-35-13-15-7-16(9-18(27)8-15)24-19-10-23(31-21(19)5-6-30-24)26-25-22(33-34-26)4-3-20(32-25)17-11-28-14-29-12-17/h3-12,14,31H,2,13H2,1H3,(H,33,34). The molecule has 0 aliphatic carbocycles. The number of aromatic nitrogens is 7. The van der Waals surface area contributed by atoms with Crippen LogP contribution in [0.5, 0.6) is 0 Å². The highest BCUT2D eigenvalue weighted by Crippen LogP contribution is 2.33. The molecule has 5 aromatic heterocycles. The average molecular weight is 465 g/mol. The molecule has 172 valence electrons. The zero-order valence-corrected chi connectivity index (χ0v) is 18.8. The van der Waals surface area contributed by atoms with E-state index in [0.29, 0.717) is 30.2 Å². The van der Waals surface area contributed by atoms with Gasteiger partial charge in [0.2, 0.25) is 0 Å². The summed E-state index contributed by atoms with van der Waals surface area (Å²) in [5, 5.41) is 8.42. The largest absolute Gasteiger partial charge is 0.377 e. The Kier molecular flexibility index (Phi) is 5.23. The van der Waals surface area contributed by atoms with E-state index in [-0.39, 0.29) is 5.82 Å². The fourth-order valence-electron chi connectivity index (χ4n) is 4.18. The van der Waals surface area contributed by atoms with Crippen LogP contribution < -0.4 is 0 Å². The van der Waals surface area contributed by atoms with Crippen LogP contribution in [-0.2, 0) is 11.3 Å². The molecule has 0 saturated heterocycles. The topological polar surface area (TPSA) is 105 Å². The molecule has 0 amide bonds. The predicted octanol–water partition coefficient (Wildman–Crippen LogP) is 5.30. The highest BCUT2D eigenvalue weighted by molar-refractivity contribution is 5.99. The van der Waals surface area contributed by atoms with Gasteiger partial charge in [-0.2, -0.15) is 5.10 Å². The van der Waals surface area contributed by atoms with E-state index in [1.165, 1.54) is 18.5 Å². The fraction of sp³-hybridized carbons (Fsp3) is 0.115. The highest BCUT2D eigenvalue weighted by atomic mass is 19.1. The van der Waals surface area contributed by atoms with Crippen LogP contribution in [-0.4, -0.2) is 41.7 Å². The van der Waals surface area contributed by atoms with Crippen LogP contribution in [0.25, 0.3) is 55.8 Å². The van der Waals surface area contributed by atoms with Crippen LogP contribution in [0.15, 0.2) is 67.4 Å². The van der Waals surface area contributed by atoms with Gasteiger partial charge >= 0.3 is 0 Å². The van der Waals surface area contributed by atoms with Gasteiger partial charge in [-0.1, -0.05) is 0 Å². The van der Waals surface area contributed by atoms with Crippen LogP contribution in [0.3, 0.4) is 0 Å². The fourth-order valence-corrected chi connectivity index (χ4v) is 4.18. The van der Waals surface area contributed by atoms with Crippen molar-refractivity contribution in [3.05, 3.63) is 78.8 Å². The Bertz CT molecular complexity index is 1660. The molecular weight excluding hydrogens is 445 g/mol. The Balaban J connectivity index is 1.46. The third-order valence-corrected chi connectivity index (χ3v) is 5.77. The molecule has 6 aromatic rings. The molecule has 1 aromatic carbocycles. The van der Waals surface area contributed by atoms with Gasteiger partial charge in [-0.3, -0.25) is 10.1 Å². The van der Waals surface area contributed by atoms with Gasteiger partial charge in [-0.15, -0.1) is 0 Å². The smallest absolute Gasteiger partial charge is 0.135 e. The number of halogens is 1. The Hall–Kier alpha value is -4.50. The average Bonchev–Trinajstić information content (AvgIpc) is 3.51. The molecule has 9 heteroatoms. The number of aromatic amines is 2. The summed E-state index contributed by atoms with van der Waals surface area (Å²) in [5.74, 6) is -0.327. The van der Waals surface area contributed by atoms with Crippen LogP contribution in [0.4, 0.5) is 4.39 Å². The van der Waals surface area contributed by atoms with E-state index in [9.17, 15) is 4.39 Å². The van der Waals surface area contributed by atoms with Crippen molar-refractivity contribution in [1.82, 2.24) is 35.1 Å². The Morgan fingerprint density at radius 2 is 1.83 bits per heavy atom. The summed E-state index contributed by atoms with van der Waals surface area (Å²) in [6.07, 6.45) is 6.64. The molecule has 0 radical (unpaired) electrons. The van der Waals surface area contributed by atoms with Crippen molar-refractivity contribution in [2.45, 2.75) is 13.5 Å². The molecule has 5 heterocycles. The molecule has 0 atom stereocenters. The van der Waals surface area contributed by atoms with Gasteiger partial charge < -0.3 is 9.72 Å². The minimum Gasteiger partial charge on any atom is -0.377 e. The number of hydrogen-bond donors (Lipinski definition) is 2. The summed E-state index contributed by atoms with van der Waals surface area (Å²) in [7, 11) is 0. The quantitative estimate of drug-likeness (QED) is 0.346. The number of fused-ring (bicyclic) bond motifs is 2. The number of hydrogen-bond acceptors (Lipinski definition) is 6. The molecule has 8 nitrogen and oxygen atoms in total. The second-order valence-corrected chi connectivity index (χ2v) is 8.08. The molecule has 6 rings (SSSR count). The first-order chi connectivity index (χ1) is 17.2. The lowest BCUT2D eigenvalue weighted by Gasteiger charge is -2.07. The second-order valence-electron chi connectivity index (χ2n) is 8.08. The first-order valence-electron chi connectivity index (χ1n) is 11.2. The maximum absolute atomic E-state index is 14.4. The van der Waals surface area contributed by atoms with Gasteiger partial charge in [0.25, 0.3) is 0 Å². The Labute approximate surface area is 199 Å². The van der Waals surface area contributed by atoms with Crippen molar-refractivity contribution in [2.75, 3.05) is 6.61 Å². The maximum atomic E-state index is 14.4. The zero-order chi connectivity index (χ0) is 23.8. The van der Waals surface area contributed by atoms with Crippen molar-refractivity contribution in [3.8, 4) is 33.9 Å². The summed E-state index contributed by atoms with van der Waals surface area (Å²) >= 11 is 0. The second kappa shape index (κ2) is 8.69. The van der Waals surface area contributed by atoms with E-state index in [1.54, 1.807) is 18.6 Å². The van der Waals surface area contributed by atoms with Gasteiger partial charge in [-0.05, 0) is 55.0 Å². The van der Waals surface area contributed by atoms with Gasteiger partial charge in [0.05, 0.1) is 29.2 Å². The van der Waals surface area contributed by atoms with Crippen LogP contribution in [0, 0.1) is 5.82 Å².